The molecular weight excluding hydrogens is 364 g/mol. The van der Waals surface area contributed by atoms with E-state index in [0.717, 1.165) is 0 Å². The third-order valence-corrected chi connectivity index (χ3v) is 4.50. The Kier molecular flexibility index (Phi) is 8.86. The van der Waals surface area contributed by atoms with E-state index in [1.54, 1.807) is 0 Å². The van der Waals surface area contributed by atoms with E-state index in [0.29, 0.717) is 0 Å². The topological polar surface area (TPSA) is 47.6 Å². The molecule has 0 heterocycles. The minimum atomic E-state index is 1.22. The Hall–Kier alpha value is -4.40. The molecule has 4 aromatic carbocycles. The lowest BCUT2D eigenvalue weighted by atomic mass is 9.86. The molecular formula is C28H22N2. The van der Waals surface area contributed by atoms with E-state index >= 15 is 0 Å². The van der Waals surface area contributed by atoms with Gasteiger partial charge in [0, 0.05) is 13.1 Å². The van der Waals surface area contributed by atoms with Crippen LogP contribution in [-0.2, 0) is 0 Å². The van der Waals surface area contributed by atoms with Gasteiger partial charge < -0.3 is 0 Å². The van der Waals surface area contributed by atoms with Gasteiger partial charge in [0.1, 0.15) is 0 Å². The second-order valence-corrected chi connectivity index (χ2v) is 6.21. The summed E-state index contributed by atoms with van der Waals surface area (Å²) in [6, 6.07) is 42.6. The van der Waals surface area contributed by atoms with Crippen molar-refractivity contribution in [1.29, 1.82) is 10.5 Å². The summed E-state index contributed by atoms with van der Waals surface area (Å²) in [6.45, 7) is 7.00. The molecule has 0 aromatic heterocycles. The van der Waals surface area contributed by atoms with Crippen molar-refractivity contribution in [3.05, 3.63) is 144 Å². The summed E-state index contributed by atoms with van der Waals surface area (Å²) >= 11 is 0. The molecule has 0 radical (unpaired) electrons. The van der Waals surface area contributed by atoms with Gasteiger partial charge >= 0.3 is 0 Å². The highest BCUT2D eigenvalue weighted by Gasteiger charge is 2.15. The van der Waals surface area contributed by atoms with Gasteiger partial charge in [0.15, 0.2) is 0 Å². The summed E-state index contributed by atoms with van der Waals surface area (Å²) in [6.07, 6.45) is 0. The largest absolute Gasteiger partial charge is 0.202 e. The fourth-order valence-corrected chi connectivity index (χ4v) is 3.33. The summed E-state index contributed by atoms with van der Waals surface area (Å²) in [4.78, 5) is 0. The number of hydrogen-bond acceptors (Lipinski definition) is 2. The van der Waals surface area contributed by atoms with Crippen LogP contribution < -0.4 is 0 Å². The van der Waals surface area contributed by atoms with Crippen molar-refractivity contribution >= 4 is 11.1 Å². The van der Waals surface area contributed by atoms with E-state index in [2.05, 4.69) is 134 Å². The lowest BCUT2D eigenvalue weighted by molar-refractivity contribution is 1.50. The van der Waals surface area contributed by atoms with Gasteiger partial charge in [0.2, 0.25) is 0 Å². The van der Waals surface area contributed by atoms with Gasteiger partial charge in [-0.05, 0) is 33.4 Å². The van der Waals surface area contributed by atoms with E-state index < -0.39 is 0 Å². The Bertz CT molecular complexity index is 905. The van der Waals surface area contributed by atoms with E-state index in [-0.39, 0.29) is 0 Å². The molecule has 0 saturated heterocycles. The molecule has 0 aliphatic carbocycles. The van der Waals surface area contributed by atoms with Crippen LogP contribution in [-0.4, -0.2) is 0 Å². The van der Waals surface area contributed by atoms with Crippen LogP contribution in [0.15, 0.2) is 121 Å². The van der Waals surface area contributed by atoms with Crippen LogP contribution in [0.4, 0.5) is 0 Å². The minimum Gasteiger partial charge on any atom is -0.202 e. The number of hydrogen-bond donors (Lipinski definition) is 0. The van der Waals surface area contributed by atoms with Crippen molar-refractivity contribution in [2.75, 3.05) is 0 Å². The highest BCUT2D eigenvalue weighted by atomic mass is 14.2. The summed E-state index contributed by atoms with van der Waals surface area (Å²) in [5.41, 5.74) is 7.40. The van der Waals surface area contributed by atoms with Crippen molar-refractivity contribution < 1.29 is 0 Å². The van der Waals surface area contributed by atoms with Gasteiger partial charge in [-0.1, -0.05) is 121 Å². The van der Waals surface area contributed by atoms with Gasteiger partial charge in [-0.3, -0.25) is 0 Å². The van der Waals surface area contributed by atoms with E-state index in [1.165, 1.54) is 33.4 Å². The Morgan fingerprint density at radius 3 is 0.667 bits per heavy atom. The molecule has 0 saturated carbocycles. The van der Waals surface area contributed by atoms with E-state index in [9.17, 15) is 0 Å². The maximum Gasteiger partial charge on any atom is 0.0462 e. The SMILES string of the molecule is C#N.C#N.c1ccc(C(=C(c2ccccc2)c2ccccc2)c2ccccc2)cc1. The molecule has 2 heteroatoms. The average Bonchev–Trinajstić information content (AvgIpc) is 2.87. The zero-order valence-corrected chi connectivity index (χ0v) is 16.6. The van der Waals surface area contributed by atoms with Crippen molar-refractivity contribution in [3.8, 4) is 13.1 Å². The highest BCUT2D eigenvalue weighted by Crippen LogP contribution is 2.36. The lowest BCUT2D eigenvalue weighted by Crippen LogP contribution is -1.97. The third-order valence-electron chi connectivity index (χ3n) is 4.50. The summed E-state index contributed by atoms with van der Waals surface area (Å²) in [7, 11) is 0. The predicted molar refractivity (Wildman–Crippen MR) is 124 cm³/mol. The van der Waals surface area contributed by atoms with Crippen molar-refractivity contribution in [2.45, 2.75) is 0 Å². The first kappa shape index (κ1) is 21.9. The second-order valence-electron chi connectivity index (χ2n) is 6.21. The zero-order valence-electron chi connectivity index (χ0n) is 16.6. The molecule has 0 spiro atoms. The first-order valence-electron chi connectivity index (χ1n) is 9.41. The first-order chi connectivity index (χ1) is 14.9. The maximum absolute atomic E-state index is 6.50. The van der Waals surface area contributed by atoms with Crippen molar-refractivity contribution in [2.24, 2.45) is 0 Å². The molecule has 0 aliphatic rings. The summed E-state index contributed by atoms with van der Waals surface area (Å²) < 4.78 is 0. The van der Waals surface area contributed by atoms with Gasteiger partial charge in [0.05, 0.1) is 0 Å². The van der Waals surface area contributed by atoms with Gasteiger partial charge in [-0.2, -0.15) is 0 Å². The molecule has 0 bridgehead atoms. The van der Waals surface area contributed by atoms with Gasteiger partial charge in [0.25, 0.3) is 0 Å². The lowest BCUT2D eigenvalue weighted by Gasteiger charge is -2.18. The Morgan fingerprint density at radius 1 is 0.333 bits per heavy atom. The van der Waals surface area contributed by atoms with Crippen molar-refractivity contribution in [1.82, 2.24) is 0 Å². The van der Waals surface area contributed by atoms with Crippen LogP contribution in [0.5, 0.6) is 0 Å². The zero-order chi connectivity index (χ0) is 21.6. The molecule has 0 amide bonds. The standard InChI is InChI=1S/C26H20.2CHN/c1-5-13-21(14-6-1)25(22-15-7-2-8-16-22)26(23-17-9-3-10-18-23)24-19-11-4-12-20-24;2*1-2/h1-20H;2*1H. The van der Waals surface area contributed by atoms with Crippen LogP contribution in [0.2, 0.25) is 0 Å². The summed E-state index contributed by atoms with van der Waals surface area (Å²) in [5.74, 6) is 0. The fourth-order valence-electron chi connectivity index (χ4n) is 3.33. The van der Waals surface area contributed by atoms with Crippen LogP contribution in [0.3, 0.4) is 0 Å². The smallest absolute Gasteiger partial charge is 0.0462 e. The third kappa shape index (κ3) is 5.32. The summed E-state index contributed by atoms with van der Waals surface area (Å²) in [5, 5.41) is 13.0. The quantitative estimate of drug-likeness (QED) is 0.355. The molecule has 30 heavy (non-hydrogen) atoms. The number of rotatable bonds is 4. The van der Waals surface area contributed by atoms with Gasteiger partial charge in [-0.25, -0.2) is 10.5 Å². The van der Waals surface area contributed by atoms with Crippen LogP contribution in [0, 0.1) is 23.7 Å². The van der Waals surface area contributed by atoms with E-state index in [1.807, 2.05) is 0 Å². The monoisotopic (exact) mass is 386 g/mol. The fraction of sp³-hybridized carbons (Fsp3) is 0. The molecule has 0 N–H and O–H groups in total. The number of nitriles is 2. The molecule has 4 aromatic rings. The van der Waals surface area contributed by atoms with Crippen LogP contribution >= 0.6 is 0 Å². The van der Waals surface area contributed by atoms with Crippen LogP contribution in [0.25, 0.3) is 11.1 Å². The first-order valence-corrected chi connectivity index (χ1v) is 9.41. The Labute approximate surface area is 178 Å². The van der Waals surface area contributed by atoms with Crippen molar-refractivity contribution in [3.63, 3.8) is 0 Å². The van der Waals surface area contributed by atoms with Crippen LogP contribution in [0.1, 0.15) is 22.3 Å². The Morgan fingerprint density at radius 2 is 0.500 bits per heavy atom. The molecule has 0 atom stereocenters. The highest BCUT2D eigenvalue weighted by molar-refractivity contribution is 6.04. The molecule has 0 unspecified atom stereocenters. The average molecular weight is 386 g/mol. The predicted octanol–water partition coefficient (Wildman–Crippen LogP) is 6.97. The Balaban J connectivity index is 0.000000757. The maximum atomic E-state index is 6.50. The molecule has 2 nitrogen and oxygen atoms in total. The number of nitrogens with zero attached hydrogens (tertiary/aromatic N) is 2. The molecule has 144 valence electrons. The molecule has 4 rings (SSSR count). The molecule has 0 fully saturated rings. The minimum absolute atomic E-state index is 1.22. The normalized spacial score (nSPS) is 9.07. The van der Waals surface area contributed by atoms with E-state index in [4.69, 9.17) is 10.5 Å². The second kappa shape index (κ2) is 12.1. The number of benzene rings is 4. The van der Waals surface area contributed by atoms with Gasteiger partial charge in [-0.15, -0.1) is 0 Å². The molecule has 0 aliphatic heterocycles.